The van der Waals surface area contributed by atoms with E-state index in [1.807, 2.05) is 54.4 Å². The Hall–Kier alpha value is -2.69. The van der Waals surface area contributed by atoms with Crippen molar-refractivity contribution in [2.24, 2.45) is 0 Å². The van der Waals surface area contributed by atoms with Crippen molar-refractivity contribution in [1.29, 1.82) is 0 Å². The molecule has 0 saturated carbocycles. The Labute approximate surface area is 140 Å². The maximum absolute atomic E-state index is 12.9. The molecular formula is C19H20N4O. The normalized spacial score (nSPS) is 18.0. The number of piperidine rings is 1. The molecule has 2 aromatic heterocycles. The van der Waals surface area contributed by atoms with Gasteiger partial charge in [-0.25, -0.2) is 9.97 Å². The number of rotatable bonds is 2. The SMILES string of the molecule is Cc1cnc([C@@H]2CCCN(C(=O)c3ccc4ccccc4n3)C2)[nH]1. The summed E-state index contributed by atoms with van der Waals surface area (Å²) in [7, 11) is 0. The number of carbonyl (C=O) groups is 1. The van der Waals surface area contributed by atoms with Crippen LogP contribution in [0.5, 0.6) is 0 Å². The third-order valence-electron chi connectivity index (χ3n) is 4.64. The molecule has 24 heavy (non-hydrogen) atoms. The fourth-order valence-corrected chi connectivity index (χ4v) is 3.37. The summed E-state index contributed by atoms with van der Waals surface area (Å²) in [6.07, 6.45) is 3.90. The van der Waals surface area contributed by atoms with E-state index >= 15 is 0 Å². The molecule has 0 unspecified atom stereocenters. The van der Waals surface area contributed by atoms with Gasteiger partial charge in [-0.1, -0.05) is 24.3 Å². The van der Waals surface area contributed by atoms with E-state index in [1.165, 1.54) is 0 Å². The Morgan fingerprint density at radius 3 is 2.96 bits per heavy atom. The van der Waals surface area contributed by atoms with Crippen LogP contribution in [0.2, 0.25) is 0 Å². The maximum atomic E-state index is 12.9. The number of aryl methyl sites for hydroxylation is 1. The van der Waals surface area contributed by atoms with Gasteiger partial charge in [-0.05, 0) is 31.9 Å². The fraction of sp³-hybridized carbons (Fsp3) is 0.316. The minimum atomic E-state index is 0.00808. The molecule has 1 amide bonds. The first-order chi connectivity index (χ1) is 11.7. The third kappa shape index (κ3) is 2.77. The molecular weight excluding hydrogens is 300 g/mol. The molecule has 1 atom stereocenters. The lowest BCUT2D eigenvalue weighted by atomic mass is 9.97. The summed E-state index contributed by atoms with van der Waals surface area (Å²) in [5, 5.41) is 1.05. The van der Waals surface area contributed by atoms with Gasteiger partial charge in [-0.2, -0.15) is 0 Å². The van der Waals surface area contributed by atoms with Crippen LogP contribution in [0.4, 0.5) is 0 Å². The second kappa shape index (κ2) is 6.07. The van der Waals surface area contributed by atoms with E-state index in [-0.39, 0.29) is 11.8 Å². The van der Waals surface area contributed by atoms with Gasteiger partial charge in [0.2, 0.25) is 0 Å². The number of carbonyl (C=O) groups excluding carboxylic acids is 1. The second-order valence-electron chi connectivity index (χ2n) is 6.43. The van der Waals surface area contributed by atoms with Crippen molar-refractivity contribution in [3.8, 4) is 0 Å². The number of amides is 1. The Kier molecular flexibility index (Phi) is 3.76. The number of nitrogens with zero attached hydrogens (tertiary/aromatic N) is 3. The number of H-pyrrole nitrogens is 1. The van der Waals surface area contributed by atoms with Crippen LogP contribution >= 0.6 is 0 Å². The Morgan fingerprint density at radius 2 is 2.12 bits per heavy atom. The Morgan fingerprint density at radius 1 is 1.25 bits per heavy atom. The molecule has 0 bridgehead atoms. The number of hydrogen-bond donors (Lipinski definition) is 1. The molecule has 3 heterocycles. The number of likely N-dealkylation sites (tertiary alicyclic amines) is 1. The highest BCUT2D eigenvalue weighted by Gasteiger charge is 2.27. The number of aromatic nitrogens is 3. The largest absolute Gasteiger partial charge is 0.346 e. The summed E-state index contributed by atoms with van der Waals surface area (Å²) < 4.78 is 0. The van der Waals surface area contributed by atoms with Gasteiger partial charge in [0.1, 0.15) is 11.5 Å². The van der Waals surface area contributed by atoms with Crippen LogP contribution in [0.25, 0.3) is 10.9 Å². The molecule has 1 saturated heterocycles. The topological polar surface area (TPSA) is 61.9 Å². The first-order valence-corrected chi connectivity index (χ1v) is 8.37. The van der Waals surface area contributed by atoms with Crippen molar-refractivity contribution in [1.82, 2.24) is 19.9 Å². The van der Waals surface area contributed by atoms with Gasteiger partial charge in [0.15, 0.2) is 0 Å². The van der Waals surface area contributed by atoms with Crippen molar-refractivity contribution >= 4 is 16.8 Å². The predicted octanol–water partition coefficient (Wildman–Crippen LogP) is 3.29. The molecule has 5 heteroatoms. The minimum absolute atomic E-state index is 0.00808. The number of para-hydroxylation sites is 1. The molecule has 1 N–H and O–H groups in total. The number of nitrogens with one attached hydrogen (secondary N) is 1. The van der Waals surface area contributed by atoms with E-state index < -0.39 is 0 Å². The van der Waals surface area contributed by atoms with Crippen molar-refractivity contribution in [2.75, 3.05) is 13.1 Å². The summed E-state index contributed by atoms with van der Waals surface area (Å²) in [6.45, 7) is 3.48. The molecule has 1 fully saturated rings. The van der Waals surface area contributed by atoms with Crippen molar-refractivity contribution in [3.63, 3.8) is 0 Å². The standard InChI is InChI=1S/C19H20N4O/c1-13-11-20-18(21-13)15-6-4-10-23(12-15)19(24)17-9-8-14-5-2-3-7-16(14)22-17/h2-3,5,7-9,11,15H,4,6,10,12H2,1H3,(H,20,21)/t15-/m1/s1. The fourth-order valence-electron chi connectivity index (χ4n) is 3.37. The van der Waals surface area contributed by atoms with E-state index in [2.05, 4.69) is 15.0 Å². The van der Waals surface area contributed by atoms with E-state index in [4.69, 9.17) is 0 Å². The van der Waals surface area contributed by atoms with Crippen LogP contribution in [0, 0.1) is 6.92 Å². The molecule has 4 rings (SSSR count). The zero-order valence-electron chi connectivity index (χ0n) is 13.7. The van der Waals surface area contributed by atoms with Crippen molar-refractivity contribution in [3.05, 3.63) is 59.8 Å². The summed E-state index contributed by atoms with van der Waals surface area (Å²) in [5.74, 6) is 1.27. The van der Waals surface area contributed by atoms with E-state index in [9.17, 15) is 4.79 Å². The van der Waals surface area contributed by atoms with Gasteiger partial charge in [0.05, 0.1) is 5.52 Å². The molecule has 0 spiro atoms. The number of imidazole rings is 1. The van der Waals surface area contributed by atoms with Crippen LogP contribution in [0.1, 0.15) is 40.8 Å². The van der Waals surface area contributed by atoms with Crippen LogP contribution < -0.4 is 0 Å². The minimum Gasteiger partial charge on any atom is -0.346 e. The van der Waals surface area contributed by atoms with Crippen molar-refractivity contribution < 1.29 is 4.79 Å². The number of aromatic amines is 1. The quantitative estimate of drug-likeness (QED) is 0.788. The summed E-state index contributed by atoms with van der Waals surface area (Å²) >= 11 is 0. The molecule has 1 aliphatic rings. The van der Waals surface area contributed by atoms with Gasteiger partial charge in [0, 0.05) is 36.3 Å². The van der Waals surface area contributed by atoms with Crippen LogP contribution in [-0.4, -0.2) is 38.8 Å². The van der Waals surface area contributed by atoms with Crippen LogP contribution in [0.3, 0.4) is 0 Å². The zero-order valence-corrected chi connectivity index (χ0v) is 13.7. The van der Waals surface area contributed by atoms with Crippen LogP contribution in [-0.2, 0) is 0 Å². The van der Waals surface area contributed by atoms with Crippen molar-refractivity contribution in [2.45, 2.75) is 25.7 Å². The summed E-state index contributed by atoms with van der Waals surface area (Å²) in [6, 6.07) is 11.7. The lowest BCUT2D eigenvalue weighted by Crippen LogP contribution is -2.39. The molecule has 1 aromatic carbocycles. The van der Waals surface area contributed by atoms with Gasteiger partial charge in [-0.3, -0.25) is 4.79 Å². The molecule has 0 aliphatic carbocycles. The first-order valence-electron chi connectivity index (χ1n) is 8.37. The number of fused-ring (bicyclic) bond motifs is 1. The average Bonchev–Trinajstić information content (AvgIpc) is 3.07. The highest BCUT2D eigenvalue weighted by molar-refractivity contribution is 5.95. The van der Waals surface area contributed by atoms with E-state index in [1.54, 1.807) is 0 Å². The van der Waals surface area contributed by atoms with Gasteiger partial charge < -0.3 is 9.88 Å². The van der Waals surface area contributed by atoms with E-state index in [0.717, 1.165) is 41.8 Å². The lowest BCUT2D eigenvalue weighted by molar-refractivity contribution is 0.0699. The monoisotopic (exact) mass is 320 g/mol. The van der Waals surface area contributed by atoms with Crippen LogP contribution in [0.15, 0.2) is 42.6 Å². The highest BCUT2D eigenvalue weighted by atomic mass is 16.2. The van der Waals surface area contributed by atoms with Gasteiger partial charge in [0.25, 0.3) is 5.91 Å². The first kappa shape index (κ1) is 14.9. The molecule has 0 radical (unpaired) electrons. The predicted molar refractivity (Wildman–Crippen MR) is 92.9 cm³/mol. The number of hydrogen-bond acceptors (Lipinski definition) is 3. The molecule has 122 valence electrons. The molecule has 5 nitrogen and oxygen atoms in total. The average molecular weight is 320 g/mol. The van der Waals surface area contributed by atoms with E-state index in [0.29, 0.717) is 12.2 Å². The Bertz CT molecular complexity index is 886. The molecule has 3 aromatic rings. The van der Waals surface area contributed by atoms with Gasteiger partial charge >= 0.3 is 0 Å². The zero-order chi connectivity index (χ0) is 16.5. The number of benzene rings is 1. The smallest absolute Gasteiger partial charge is 0.272 e. The summed E-state index contributed by atoms with van der Waals surface area (Å²) in [4.78, 5) is 27.0. The summed E-state index contributed by atoms with van der Waals surface area (Å²) in [5.41, 5.74) is 2.44. The maximum Gasteiger partial charge on any atom is 0.272 e. The number of pyridine rings is 1. The third-order valence-corrected chi connectivity index (χ3v) is 4.64. The van der Waals surface area contributed by atoms with Gasteiger partial charge in [-0.15, -0.1) is 0 Å². The lowest BCUT2D eigenvalue weighted by Gasteiger charge is -2.31. The Balaban J connectivity index is 1.56. The second-order valence-corrected chi connectivity index (χ2v) is 6.43. The molecule has 1 aliphatic heterocycles. The highest BCUT2D eigenvalue weighted by Crippen LogP contribution is 2.26.